The minimum absolute atomic E-state index is 0. The highest BCUT2D eigenvalue weighted by atomic mass is 127. The van der Waals surface area contributed by atoms with Crippen molar-refractivity contribution in [3.05, 3.63) is 50.7 Å². The molecule has 2 rings (SSSR count). The van der Waals surface area contributed by atoms with Gasteiger partial charge in [-0.1, -0.05) is 17.7 Å². The second-order valence-corrected chi connectivity index (χ2v) is 7.34. The van der Waals surface area contributed by atoms with Gasteiger partial charge in [0, 0.05) is 24.4 Å². The molecule has 0 aliphatic rings. The normalized spacial score (nSPS) is 10.9. The van der Waals surface area contributed by atoms with E-state index in [1.54, 1.807) is 11.3 Å². The lowest BCUT2D eigenvalue weighted by Gasteiger charge is -2.12. The zero-order chi connectivity index (χ0) is 18.9. The first-order chi connectivity index (χ1) is 12.5. The van der Waals surface area contributed by atoms with E-state index in [0.717, 1.165) is 12.1 Å². The van der Waals surface area contributed by atoms with Crippen molar-refractivity contribution in [1.82, 2.24) is 10.6 Å². The molecule has 0 saturated heterocycles. The third-order valence-corrected chi connectivity index (χ3v) is 5.06. The number of carbonyl (C=O) groups is 1. The minimum atomic E-state index is -0.0896. The number of thiophene rings is 1. The summed E-state index contributed by atoms with van der Waals surface area (Å²) in [7, 11) is 0. The van der Waals surface area contributed by atoms with E-state index in [-0.39, 0.29) is 29.9 Å². The van der Waals surface area contributed by atoms with E-state index < -0.39 is 0 Å². The first-order valence-corrected chi connectivity index (χ1v) is 9.86. The Bertz CT molecular complexity index is 779. The Hall–Kier alpha value is -1.32. The fraction of sp³-hybridized carbons (Fsp3) is 0.368. The number of amides is 1. The molecule has 0 bridgehead atoms. The van der Waals surface area contributed by atoms with Gasteiger partial charge >= 0.3 is 0 Å². The summed E-state index contributed by atoms with van der Waals surface area (Å²) in [4.78, 5) is 17.9. The molecule has 0 unspecified atom stereocenters. The van der Waals surface area contributed by atoms with Gasteiger partial charge in [0.15, 0.2) is 5.96 Å². The zero-order valence-electron chi connectivity index (χ0n) is 15.8. The third kappa shape index (κ3) is 8.06. The molecule has 1 heterocycles. The molecular formula is C19H26ClIN4OS. The van der Waals surface area contributed by atoms with Crippen LogP contribution in [0.1, 0.15) is 29.3 Å². The van der Waals surface area contributed by atoms with Crippen molar-refractivity contribution in [2.75, 3.05) is 18.4 Å². The Morgan fingerprint density at radius 2 is 2.00 bits per heavy atom. The molecule has 0 saturated carbocycles. The Morgan fingerprint density at radius 3 is 2.63 bits per heavy atom. The summed E-state index contributed by atoms with van der Waals surface area (Å²) in [5.74, 6) is 0.620. The highest BCUT2D eigenvalue weighted by Gasteiger charge is 2.07. The number of benzene rings is 1. The van der Waals surface area contributed by atoms with Crippen LogP contribution in [0.2, 0.25) is 5.02 Å². The number of nitrogens with one attached hydrogen (secondary N) is 3. The van der Waals surface area contributed by atoms with Crippen LogP contribution >= 0.6 is 46.9 Å². The summed E-state index contributed by atoms with van der Waals surface area (Å²) < 4.78 is 0. The second-order valence-electron chi connectivity index (χ2n) is 5.93. The molecule has 1 aromatic heterocycles. The number of hydrogen-bond donors (Lipinski definition) is 3. The van der Waals surface area contributed by atoms with Crippen molar-refractivity contribution in [2.24, 2.45) is 4.99 Å². The Kier molecular flexibility index (Phi) is 10.7. The Labute approximate surface area is 187 Å². The fourth-order valence-corrected chi connectivity index (χ4v) is 3.40. The van der Waals surface area contributed by atoms with E-state index in [0.29, 0.717) is 36.2 Å². The number of guanidine groups is 1. The van der Waals surface area contributed by atoms with Crippen molar-refractivity contribution in [2.45, 2.75) is 33.7 Å². The molecule has 1 aromatic carbocycles. The quantitative estimate of drug-likeness (QED) is 0.281. The van der Waals surface area contributed by atoms with Gasteiger partial charge in [0.2, 0.25) is 5.91 Å². The molecule has 1 amide bonds. The summed E-state index contributed by atoms with van der Waals surface area (Å²) in [5, 5.41) is 11.8. The van der Waals surface area contributed by atoms with Gasteiger partial charge in [0.25, 0.3) is 0 Å². The number of aliphatic imine (C=N–C) groups is 1. The molecule has 3 N–H and O–H groups in total. The molecular weight excluding hydrogens is 495 g/mol. The lowest BCUT2D eigenvalue weighted by molar-refractivity contribution is -0.116. The van der Waals surface area contributed by atoms with E-state index in [2.05, 4.69) is 39.3 Å². The van der Waals surface area contributed by atoms with Gasteiger partial charge in [-0.15, -0.1) is 35.3 Å². The molecule has 0 aliphatic heterocycles. The van der Waals surface area contributed by atoms with Gasteiger partial charge in [0.05, 0.1) is 17.3 Å². The molecule has 0 atom stereocenters. The second kappa shape index (κ2) is 12.2. The SMILES string of the molecule is CCNC(=NCc1sccc1C)NCCC(=O)Nc1ccc(C)cc1Cl.I. The molecule has 148 valence electrons. The van der Waals surface area contributed by atoms with Crippen molar-refractivity contribution >= 4 is 64.5 Å². The minimum Gasteiger partial charge on any atom is -0.357 e. The molecule has 0 aliphatic carbocycles. The van der Waals surface area contributed by atoms with Crippen LogP contribution in [0.15, 0.2) is 34.6 Å². The summed E-state index contributed by atoms with van der Waals surface area (Å²) in [5.41, 5.74) is 2.95. The van der Waals surface area contributed by atoms with E-state index in [1.807, 2.05) is 32.0 Å². The third-order valence-electron chi connectivity index (χ3n) is 3.74. The molecule has 5 nitrogen and oxygen atoms in total. The predicted molar refractivity (Wildman–Crippen MR) is 127 cm³/mol. The standard InChI is InChI=1S/C19H25ClN4OS.HI/c1-4-21-19(23-12-17-14(3)8-10-26-17)22-9-7-18(25)24-16-6-5-13(2)11-15(16)20;/h5-6,8,10-11H,4,7,9,12H2,1-3H3,(H,24,25)(H2,21,22,23);1H. The lowest BCUT2D eigenvalue weighted by atomic mass is 10.2. The van der Waals surface area contributed by atoms with Crippen LogP contribution in [0.3, 0.4) is 0 Å². The fourth-order valence-electron chi connectivity index (χ4n) is 2.29. The first-order valence-electron chi connectivity index (χ1n) is 8.60. The summed E-state index contributed by atoms with van der Waals surface area (Å²) >= 11 is 7.85. The van der Waals surface area contributed by atoms with E-state index in [9.17, 15) is 4.79 Å². The maximum Gasteiger partial charge on any atom is 0.226 e. The van der Waals surface area contributed by atoms with Gasteiger partial charge in [-0.25, -0.2) is 4.99 Å². The van der Waals surface area contributed by atoms with Gasteiger partial charge in [-0.2, -0.15) is 0 Å². The van der Waals surface area contributed by atoms with Crippen molar-refractivity contribution < 1.29 is 4.79 Å². The number of anilines is 1. The highest BCUT2D eigenvalue weighted by molar-refractivity contribution is 14.0. The van der Waals surface area contributed by atoms with E-state index in [4.69, 9.17) is 11.6 Å². The first kappa shape index (κ1) is 23.7. The van der Waals surface area contributed by atoms with Gasteiger partial charge in [-0.05, 0) is 55.5 Å². The van der Waals surface area contributed by atoms with Crippen LogP contribution in [-0.4, -0.2) is 25.0 Å². The smallest absolute Gasteiger partial charge is 0.226 e. The molecule has 2 aromatic rings. The monoisotopic (exact) mass is 520 g/mol. The predicted octanol–water partition coefficient (Wildman–Crippen LogP) is 4.72. The number of aryl methyl sites for hydroxylation is 2. The topological polar surface area (TPSA) is 65.5 Å². The van der Waals surface area contributed by atoms with E-state index >= 15 is 0 Å². The molecule has 8 heteroatoms. The Balaban J connectivity index is 0.00000364. The summed E-state index contributed by atoms with van der Waals surface area (Å²) in [6.45, 7) is 7.94. The number of nitrogens with zero attached hydrogens (tertiary/aromatic N) is 1. The number of hydrogen-bond acceptors (Lipinski definition) is 3. The largest absolute Gasteiger partial charge is 0.357 e. The van der Waals surface area contributed by atoms with Crippen molar-refractivity contribution in [3.8, 4) is 0 Å². The summed E-state index contributed by atoms with van der Waals surface area (Å²) in [6.07, 6.45) is 0.326. The molecule has 0 radical (unpaired) electrons. The average Bonchev–Trinajstić information content (AvgIpc) is 3.00. The van der Waals surface area contributed by atoms with Crippen LogP contribution < -0.4 is 16.0 Å². The molecule has 0 spiro atoms. The lowest BCUT2D eigenvalue weighted by Crippen LogP contribution is -2.38. The van der Waals surface area contributed by atoms with Crippen molar-refractivity contribution in [1.29, 1.82) is 0 Å². The van der Waals surface area contributed by atoms with Gasteiger partial charge in [0.1, 0.15) is 0 Å². The number of halogens is 2. The zero-order valence-corrected chi connectivity index (χ0v) is 19.7. The van der Waals surface area contributed by atoms with Crippen LogP contribution in [0.4, 0.5) is 5.69 Å². The van der Waals surface area contributed by atoms with Crippen LogP contribution in [0.5, 0.6) is 0 Å². The van der Waals surface area contributed by atoms with Crippen LogP contribution in [-0.2, 0) is 11.3 Å². The van der Waals surface area contributed by atoms with E-state index in [1.165, 1.54) is 10.4 Å². The molecule has 0 fully saturated rings. The Morgan fingerprint density at radius 1 is 1.22 bits per heavy atom. The van der Waals surface area contributed by atoms with Crippen LogP contribution in [0.25, 0.3) is 0 Å². The highest BCUT2D eigenvalue weighted by Crippen LogP contribution is 2.22. The maximum absolute atomic E-state index is 12.1. The number of rotatable bonds is 7. The molecule has 27 heavy (non-hydrogen) atoms. The van der Waals surface area contributed by atoms with Gasteiger partial charge < -0.3 is 16.0 Å². The van der Waals surface area contributed by atoms with Gasteiger partial charge in [-0.3, -0.25) is 4.79 Å². The summed E-state index contributed by atoms with van der Waals surface area (Å²) in [6, 6.07) is 7.66. The maximum atomic E-state index is 12.1. The van der Waals surface area contributed by atoms with Crippen LogP contribution in [0, 0.1) is 13.8 Å². The average molecular weight is 521 g/mol. The van der Waals surface area contributed by atoms with Crippen molar-refractivity contribution in [3.63, 3.8) is 0 Å². The number of carbonyl (C=O) groups excluding carboxylic acids is 1.